The van der Waals surface area contributed by atoms with Crippen LogP contribution in [-0.4, -0.2) is 29.0 Å². The Kier molecular flexibility index (Phi) is 3.91. The van der Waals surface area contributed by atoms with Crippen LogP contribution in [0.3, 0.4) is 0 Å². The quantitative estimate of drug-likeness (QED) is 0.629. The van der Waals surface area contributed by atoms with E-state index in [1.807, 2.05) is 11.3 Å². The maximum Gasteiger partial charge on any atom is 0.0975 e. The number of benzene rings is 2. The zero-order valence-corrected chi connectivity index (χ0v) is 15.1. The van der Waals surface area contributed by atoms with Crippen LogP contribution in [-0.2, 0) is 0 Å². The molecule has 3 heterocycles. The number of hydrogen-bond donors (Lipinski definition) is 0. The number of nitrogens with zero attached hydrogens (tertiary/aromatic N) is 2. The number of rotatable bonds is 3. The average Bonchev–Trinajstić information content (AvgIpc) is 3.38. The van der Waals surface area contributed by atoms with Crippen molar-refractivity contribution in [3.8, 4) is 21.6 Å². The van der Waals surface area contributed by atoms with Crippen molar-refractivity contribution < 1.29 is 0 Å². The van der Waals surface area contributed by atoms with E-state index in [0.717, 1.165) is 6.04 Å². The van der Waals surface area contributed by atoms with Crippen molar-refractivity contribution in [2.24, 2.45) is 0 Å². The molecule has 126 valence electrons. The van der Waals surface area contributed by atoms with Crippen molar-refractivity contribution in [3.63, 3.8) is 0 Å². The minimum absolute atomic E-state index is 0.632. The van der Waals surface area contributed by atoms with Crippen LogP contribution in [0.5, 0.6) is 0 Å². The third kappa shape index (κ3) is 2.82. The fourth-order valence-electron chi connectivity index (χ4n) is 4.44. The molecule has 2 aromatic carbocycles. The molecule has 5 rings (SSSR count). The summed E-state index contributed by atoms with van der Waals surface area (Å²) >= 11 is 1.89. The first kappa shape index (κ1) is 15.3. The standard InChI is InChI=1S/C22H22N2S/c1-2-7-16(8-3-1)19-10-4-5-11-20(19)21-14-23-22(25-21)17-13-18-9-6-12-24(18)15-17/h1-5,7-8,10-11,14,17-18H,6,9,12-13,15H2. The molecule has 2 aliphatic heterocycles. The van der Waals surface area contributed by atoms with E-state index >= 15 is 0 Å². The van der Waals surface area contributed by atoms with E-state index in [0.29, 0.717) is 5.92 Å². The van der Waals surface area contributed by atoms with Crippen LogP contribution in [0.2, 0.25) is 0 Å². The van der Waals surface area contributed by atoms with Gasteiger partial charge in [-0.15, -0.1) is 11.3 Å². The van der Waals surface area contributed by atoms with Crippen LogP contribution in [0.4, 0.5) is 0 Å². The Morgan fingerprint density at radius 2 is 1.76 bits per heavy atom. The first-order chi connectivity index (χ1) is 12.4. The molecule has 0 saturated carbocycles. The molecule has 2 aliphatic rings. The van der Waals surface area contributed by atoms with E-state index in [1.54, 1.807) is 0 Å². The third-order valence-corrected chi connectivity index (χ3v) is 6.85. The Hall–Kier alpha value is -1.97. The highest BCUT2D eigenvalue weighted by molar-refractivity contribution is 7.15. The lowest BCUT2D eigenvalue weighted by molar-refractivity contribution is 0.322. The smallest absolute Gasteiger partial charge is 0.0975 e. The van der Waals surface area contributed by atoms with Crippen LogP contribution >= 0.6 is 11.3 Å². The normalized spacial score (nSPS) is 23.0. The lowest BCUT2D eigenvalue weighted by atomic mass is 9.99. The van der Waals surface area contributed by atoms with E-state index in [1.165, 1.54) is 58.9 Å². The summed E-state index contributed by atoms with van der Waals surface area (Å²) in [5.41, 5.74) is 3.87. The van der Waals surface area contributed by atoms with Gasteiger partial charge in [-0.05, 0) is 36.9 Å². The molecule has 0 bridgehead atoms. The molecular formula is C22H22N2S. The molecule has 2 nitrogen and oxygen atoms in total. The highest BCUT2D eigenvalue weighted by Crippen LogP contribution is 2.41. The van der Waals surface area contributed by atoms with E-state index in [4.69, 9.17) is 4.98 Å². The number of aromatic nitrogens is 1. The fraction of sp³-hybridized carbons (Fsp3) is 0.318. The molecule has 0 aliphatic carbocycles. The molecule has 0 N–H and O–H groups in total. The SMILES string of the molecule is c1ccc(-c2ccccc2-c2cnc(C3CC4CCCN4C3)s2)cc1. The molecule has 3 heteroatoms. The summed E-state index contributed by atoms with van der Waals surface area (Å²) in [5.74, 6) is 0.632. The summed E-state index contributed by atoms with van der Waals surface area (Å²) in [6.07, 6.45) is 6.15. The Labute approximate surface area is 153 Å². The van der Waals surface area contributed by atoms with Gasteiger partial charge in [-0.3, -0.25) is 4.90 Å². The van der Waals surface area contributed by atoms with Crippen LogP contribution < -0.4 is 0 Å². The molecule has 0 radical (unpaired) electrons. The zero-order valence-electron chi connectivity index (χ0n) is 14.3. The molecule has 0 spiro atoms. The number of fused-ring (bicyclic) bond motifs is 1. The van der Waals surface area contributed by atoms with Gasteiger partial charge in [-0.1, -0.05) is 54.6 Å². The number of thiazole rings is 1. The Morgan fingerprint density at radius 3 is 2.60 bits per heavy atom. The largest absolute Gasteiger partial charge is 0.300 e. The summed E-state index contributed by atoms with van der Waals surface area (Å²) in [7, 11) is 0. The fourth-order valence-corrected chi connectivity index (χ4v) is 5.50. The van der Waals surface area contributed by atoms with Gasteiger partial charge in [-0.25, -0.2) is 4.98 Å². The second-order valence-corrected chi connectivity index (χ2v) is 8.26. The van der Waals surface area contributed by atoms with E-state index < -0.39 is 0 Å². The average molecular weight is 346 g/mol. The molecule has 25 heavy (non-hydrogen) atoms. The Bertz CT molecular complexity index is 858. The molecule has 2 unspecified atom stereocenters. The highest BCUT2D eigenvalue weighted by Gasteiger charge is 2.36. The zero-order chi connectivity index (χ0) is 16.6. The van der Waals surface area contributed by atoms with Gasteiger partial charge in [0.2, 0.25) is 0 Å². The van der Waals surface area contributed by atoms with Gasteiger partial charge in [0.15, 0.2) is 0 Å². The predicted octanol–water partition coefficient (Wildman–Crippen LogP) is 5.43. The molecule has 3 aromatic rings. The van der Waals surface area contributed by atoms with E-state index in [9.17, 15) is 0 Å². The van der Waals surface area contributed by atoms with Gasteiger partial charge in [0.05, 0.1) is 9.88 Å². The number of hydrogen-bond acceptors (Lipinski definition) is 3. The van der Waals surface area contributed by atoms with Crippen molar-refractivity contribution in [3.05, 3.63) is 65.8 Å². The monoisotopic (exact) mass is 346 g/mol. The molecule has 2 fully saturated rings. The van der Waals surface area contributed by atoms with Gasteiger partial charge in [0.1, 0.15) is 0 Å². The molecule has 2 saturated heterocycles. The summed E-state index contributed by atoms with van der Waals surface area (Å²) in [5, 5.41) is 1.33. The minimum Gasteiger partial charge on any atom is -0.300 e. The van der Waals surface area contributed by atoms with Crippen molar-refractivity contribution >= 4 is 11.3 Å². The maximum absolute atomic E-state index is 4.83. The van der Waals surface area contributed by atoms with Crippen molar-refractivity contribution in [1.82, 2.24) is 9.88 Å². The molecule has 1 aromatic heterocycles. The van der Waals surface area contributed by atoms with Gasteiger partial charge in [0.25, 0.3) is 0 Å². The molecular weight excluding hydrogens is 324 g/mol. The van der Waals surface area contributed by atoms with E-state index in [2.05, 4.69) is 65.7 Å². The summed E-state index contributed by atoms with van der Waals surface area (Å²) in [4.78, 5) is 8.79. The first-order valence-electron chi connectivity index (χ1n) is 9.23. The second-order valence-electron chi connectivity index (χ2n) is 7.20. The van der Waals surface area contributed by atoms with Crippen LogP contribution in [0.1, 0.15) is 30.2 Å². The van der Waals surface area contributed by atoms with Gasteiger partial charge < -0.3 is 0 Å². The van der Waals surface area contributed by atoms with Gasteiger partial charge >= 0.3 is 0 Å². The molecule has 2 atom stereocenters. The summed E-state index contributed by atoms with van der Waals surface area (Å²) in [6, 6.07) is 20.2. The third-order valence-electron chi connectivity index (χ3n) is 5.66. The van der Waals surface area contributed by atoms with Gasteiger partial charge in [0, 0.05) is 30.3 Å². The minimum atomic E-state index is 0.632. The van der Waals surface area contributed by atoms with Crippen molar-refractivity contribution in [1.29, 1.82) is 0 Å². The Balaban J connectivity index is 1.47. The predicted molar refractivity (Wildman–Crippen MR) is 105 cm³/mol. The van der Waals surface area contributed by atoms with Crippen molar-refractivity contribution in [2.45, 2.75) is 31.2 Å². The maximum atomic E-state index is 4.83. The topological polar surface area (TPSA) is 16.1 Å². The summed E-state index contributed by atoms with van der Waals surface area (Å²) in [6.45, 7) is 2.49. The Morgan fingerprint density at radius 1 is 0.960 bits per heavy atom. The first-order valence-corrected chi connectivity index (χ1v) is 10.0. The lowest BCUT2D eigenvalue weighted by Crippen LogP contribution is -2.22. The lowest BCUT2D eigenvalue weighted by Gasteiger charge is -2.12. The molecule has 0 amide bonds. The van der Waals surface area contributed by atoms with Crippen molar-refractivity contribution in [2.75, 3.05) is 13.1 Å². The van der Waals surface area contributed by atoms with E-state index in [-0.39, 0.29) is 0 Å². The van der Waals surface area contributed by atoms with Gasteiger partial charge in [-0.2, -0.15) is 0 Å². The highest BCUT2D eigenvalue weighted by atomic mass is 32.1. The van der Waals surface area contributed by atoms with Crippen LogP contribution in [0.25, 0.3) is 21.6 Å². The summed E-state index contributed by atoms with van der Waals surface area (Å²) < 4.78 is 0. The van der Waals surface area contributed by atoms with Crippen LogP contribution in [0.15, 0.2) is 60.8 Å². The second kappa shape index (κ2) is 6.40. The van der Waals surface area contributed by atoms with Crippen LogP contribution in [0, 0.1) is 0 Å².